The van der Waals surface area contributed by atoms with Crippen molar-refractivity contribution >= 4 is 23.1 Å². The van der Waals surface area contributed by atoms with Gasteiger partial charge in [-0.25, -0.2) is 0 Å². The van der Waals surface area contributed by atoms with Crippen LogP contribution in [0.4, 0.5) is 11.5 Å². The Morgan fingerprint density at radius 1 is 1.13 bits per heavy atom. The van der Waals surface area contributed by atoms with E-state index in [-0.39, 0.29) is 0 Å². The first-order valence-corrected chi connectivity index (χ1v) is 5.12. The van der Waals surface area contributed by atoms with E-state index in [9.17, 15) is 0 Å². The van der Waals surface area contributed by atoms with Gasteiger partial charge in [-0.1, -0.05) is 18.2 Å². The lowest BCUT2D eigenvalue weighted by Gasteiger charge is -2.08. The summed E-state index contributed by atoms with van der Waals surface area (Å²) < 4.78 is 0. The van der Waals surface area contributed by atoms with Crippen LogP contribution in [0.1, 0.15) is 5.56 Å². The molecule has 76 valence electrons. The number of hydrogen-bond donors (Lipinski definition) is 1. The van der Waals surface area contributed by atoms with Gasteiger partial charge in [0.1, 0.15) is 0 Å². The van der Waals surface area contributed by atoms with Crippen LogP contribution >= 0.6 is 11.6 Å². The van der Waals surface area contributed by atoms with E-state index in [2.05, 4.69) is 15.5 Å². The Morgan fingerprint density at radius 2 is 2.00 bits per heavy atom. The summed E-state index contributed by atoms with van der Waals surface area (Å²) in [5.74, 6) is 1.19. The van der Waals surface area contributed by atoms with E-state index in [0.29, 0.717) is 5.88 Å². The highest BCUT2D eigenvalue weighted by molar-refractivity contribution is 6.17. The molecule has 0 spiro atoms. The minimum atomic E-state index is 0.476. The van der Waals surface area contributed by atoms with E-state index in [1.165, 1.54) is 0 Å². The van der Waals surface area contributed by atoms with Crippen LogP contribution in [0, 0.1) is 0 Å². The smallest absolute Gasteiger partial charge is 0.153 e. The first-order chi connectivity index (χ1) is 7.40. The number of benzene rings is 1. The van der Waals surface area contributed by atoms with E-state index in [4.69, 9.17) is 11.6 Å². The molecule has 0 amide bonds. The second-order valence-corrected chi connectivity index (χ2v) is 3.29. The average molecular weight is 220 g/mol. The molecule has 2 aromatic rings. The lowest BCUT2D eigenvalue weighted by molar-refractivity contribution is 1.03. The number of hydrogen-bond acceptors (Lipinski definition) is 3. The molecule has 3 nitrogen and oxygen atoms in total. The lowest BCUT2D eigenvalue weighted by Crippen LogP contribution is -1.97. The summed E-state index contributed by atoms with van der Waals surface area (Å²) in [5.41, 5.74) is 2.01. The van der Waals surface area contributed by atoms with Crippen molar-refractivity contribution in [3.63, 3.8) is 0 Å². The number of alkyl halides is 1. The fraction of sp³-hybridized carbons (Fsp3) is 0.0909. The highest BCUT2D eigenvalue weighted by Crippen LogP contribution is 2.20. The number of aromatic nitrogens is 2. The van der Waals surface area contributed by atoms with Crippen LogP contribution in [0.3, 0.4) is 0 Å². The summed E-state index contributed by atoms with van der Waals surface area (Å²) in [4.78, 5) is 0. The molecule has 0 aliphatic heterocycles. The molecule has 1 aromatic carbocycles. The molecule has 1 aromatic heterocycles. The van der Waals surface area contributed by atoms with Crippen LogP contribution in [0.2, 0.25) is 0 Å². The summed E-state index contributed by atoms with van der Waals surface area (Å²) in [7, 11) is 0. The molecule has 1 N–H and O–H groups in total. The predicted molar refractivity (Wildman–Crippen MR) is 61.3 cm³/mol. The van der Waals surface area contributed by atoms with E-state index < -0.39 is 0 Å². The summed E-state index contributed by atoms with van der Waals surface area (Å²) in [6.45, 7) is 0. The molecule has 0 unspecified atom stereocenters. The maximum absolute atomic E-state index is 5.82. The second kappa shape index (κ2) is 4.75. The van der Waals surface area contributed by atoms with Gasteiger partial charge < -0.3 is 5.32 Å². The quantitative estimate of drug-likeness (QED) is 0.807. The van der Waals surface area contributed by atoms with Crippen molar-refractivity contribution in [1.82, 2.24) is 10.2 Å². The van der Waals surface area contributed by atoms with Crippen LogP contribution in [0.5, 0.6) is 0 Å². The monoisotopic (exact) mass is 219 g/mol. The Bertz CT molecular complexity index is 431. The van der Waals surface area contributed by atoms with Gasteiger partial charge in [-0.2, -0.15) is 5.10 Å². The Morgan fingerprint density at radius 3 is 2.73 bits per heavy atom. The van der Waals surface area contributed by atoms with Crippen molar-refractivity contribution in [2.45, 2.75) is 5.88 Å². The highest BCUT2D eigenvalue weighted by Gasteiger charge is 2.00. The molecule has 4 heteroatoms. The summed E-state index contributed by atoms with van der Waals surface area (Å²) in [5, 5.41) is 10.9. The van der Waals surface area contributed by atoms with Gasteiger partial charge in [0.25, 0.3) is 0 Å². The summed E-state index contributed by atoms with van der Waals surface area (Å²) >= 11 is 5.82. The van der Waals surface area contributed by atoms with Crippen molar-refractivity contribution in [1.29, 1.82) is 0 Å². The number of halogens is 1. The Labute approximate surface area is 93.1 Å². The summed E-state index contributed by atoms with van der Waals surface area (Å²) in [6, 6.07) is 11.5. The van der Waals surface area contributed by atoms with Gasteiger partial charge in [0.05, 0.1) is 0 Å². The van der Waals surface area contributed by atoms with Crippen molar-refractivity contribution in [2.75, 3.05) is 5.32 Å². The van der Waals surface area contributed by atoms with Crippen LogP contribution in [0.25, 0.3) is 0 Å². The van der Waals surface area contributed by atoms with Crippen LogP contribution < -0.4 is 5.32 Å². The van der Waals surface area contributed by atoms with E-state index in [0.717, 1.165) is 17.1 Å². The number of anilines is 2. The topological polar surface area (TPSA) is 37.8 Å². The van der Waals surface area contributed by atoms with Gasteiger partial charge >= 0.3 is 0 Å². The standard InChI is InChI=1S/C11H10ClN3/c12-8-9-4-1-2-5-10(9)14-11-6-3-7-13-15-11/h1-7H,8H2,(H,14,15). The SMILES string of the molecule is ClCc1ccccc1Nc1cccnn1. The minimum absolute atomic E-state index is 0.476. The molecule has 0 aliphatic carbocycles. The maximum atomic E-state index is 5.82. The highest BCUT2D eigenvalue weighted by atomic mass is 35.5. The molecule has 1 heterocycles. The van der Waals surface area contributed by atoms with Crippen molar-refractivity contribution < 1.29 is 0 Å². The van der Waals surface area contributed by atoms with E-state index in [1.54, 1.807) is 6.20 Å². The van der Waals surface area contributed by atoms with Crippen molar-refractivity contribution in [2.24, 2.45) is 0 Å². The van der Waals surface area contributed by atoms with Crippen LogP contribution in [0.15, 0.2) is 42.6 Å². The third kappa shape index (κ3) is 2.44. The molecule has 0 radical (unpaired) electrons. The molecule has 0 aliphatic rings. The Kier molecular flexibility index (Phi) is 3.15. The third-order valence-corrected chi connectivity index (χ3v) is 2.28. The zero-order valence-electron chi connectivity index (χ0n) is 8.02. The molecular formula is C11H10ClN3. The van der Waals surface area contributed by atoms with Gasteiger partial charge in [-0.15, -0.1) is 16.7 Å². The molecule has 2 rings (SSSR count). The van der Waals surface area contributed by atoms with Gasteiger partial charge in [0.2, 0.25) is 0 Å². The molecule has 0 saturated heterocycles. The molecule has 0 saturated carbocycles. The summed E-state index contributed by atoms with van der Waals surface area (Å²) in [6.07, 6.45) is 1.64. The number of nitrogens with one attached hydrogen (secondary N) is 1. The largest absolute Gasteiger partial charge is 0.338 e. The molecule has 0 fully saturated rings. The fourth-order valence-corrected chi connectivity index (χ4v) is 1.50. The van der Waals surface area contributed by atoms with Gasteiger partial charge in [0, 0.05) is 17.8 Å². The first-order valence-electron chi connectivity index (χ1n) is 4.59. The molecule has 0 bridgehead atoms. The van der Waals surface area contributed by atoms with Gasteiger partial charge in [-0.3, -0.25) is 0 Å². The number of nitrogens with zero attached hydrogens (tertiary/aromatic N) is 2. The molecular weight excluding hydrogens is 210 g/mol. The average Bonchev–Trinajstić information content (AvgIpc) is 2.31. The second-order valence-electron chi connectivity index (χ2n) is 3.02. The fourth-order valence-electron chi connectivity index (χ4n) is 1.26. The van der Waals surface area contributed by atoms with Crippen LogP contribution in [-0.2, 0) is 5.88 Å². The third-order valence-electron chi connectivity index (χ3n) is 2.00. The molecule has 0 atom stereocenters. The zero-order valence-corrected chi connectivity index (χ0v) is 8.78. The Balaban J connectivity index is 2.24. The minimum Gasteiger partial charge on any atom is -0.338 e. The van der Waals surface area contributed by atoms with Gasteiger partial charge in [0.15, 0.2) is 5.82 Å². The van der Waals surface area contributed by atoms with Gasteiger partial charge in [-0.05, 0) is 23.8 Å². The van der Waals surface area contributed by atoms with E-state index in [1.807, 2.05) is 36.4 Å². The normalized spacial score (nSPS) is 9.93. The lowest BCUT2D eigenvalue weighted by atomic mass is 10.2. The zero-order chi connectivity index (χ0) is 10.5. The maximum Gasteiger partial charge on any atom is 0.153 e. The number of rotatable bonds is 3. The first kappa shape index (κ1) is 9.93. The predicted octanol–water partition coefficient (Wildman–Crippen LogP) is 2.96. The van der Waals surface area contributed by atoms with Crippen LogP contribution in [-0.4, -0.2) is 10.2 Å². The number of para-hydroxylation sites is 1. The van der Waals surface area contributed by atoms with Crippen molar-refractivity contribution in [3.05, 3.63) is 48.2 Å². The van der Waals surface area contributed by atoms with Crippen molar-refractivity contribution in [3.8, 4) is 0 Å². The Hall–Kier alpha value is -1.61. The van der Waals surface area contributed by atoms with E-state index >= 15 is 0 Å². The molecule has 15 heavy (non-hydrogen) atoms.